The van der Waals surface area contributed by atoms with Gasteiger partial charge in [0.05, 0.1) is 39.5 Å². The molecule has 8 heteroatoms. The Bertz CT molecular complexity index is 430. The summed E-state index contributed by atoms with van der Waals surface area (Å²) in [5.41, 5.74) is 0.395. The van der Waals surface area contributed by atoms with Crippen molar-refractivity contribution in [2.75, 3.05) is 39.5 Å². The van der Waals surface area contributed by atoms with Crippen molar-refractivity contribution >= 4 is 16.1 Å². The molecule has 0 radical (unpaired) electrons. The molecule has 7 nitrogen and oxygen atoms in total. The van der Waals surface area contributed by atoms with E-state index in [1.54, 1.807) is 6.92 Å². The fraction of sp³-hybridized carbons (Fsp3) is 0.769. The first-order valence-electron chi connectivity index (χ1n) is 6.63. The molecular weight excluding hydrogens is 298 g/mol. The van der Waals surface area contributed by atoms with Gasteiger partial charge in [-0.1, -0.05) is 6.58 Å². The van der Waals surface area contributed by atoms with Gasteiger partial charge < -0.3 is 14.7 Å². The van der Waals surface area contributed by atoms with Crippen LogP contribution in [-0.4, -0.2) is 68.4 Å². The van der Waals surface area contributed by atoms with E-state index in [0.29, 0.717) is 29.6 Å². The topological polar surface area (TPSA) is 111 Å². The Morgan fingerprint density at radius 2 is 1.71 bits per heavy atom. The fourth-order valence-corrected chi connectivity index (χ4v) is 2.21. The van der Waals surface area contributed by atoms with Crippen LogP contribution < -0.4 is 0 Å². The maximum Gasteiger partial charge on any atom is 0.333 e. The number of carbonyl (C=O) groups excluding carboxylic acids is 1. The van der Waals surface area contributed by atoms with Gasteiger partial charge in [-0.2, -0.15) is 8.42 Å². The Morgan fingerprint density at radius 1 is 1.19 bits per heavy atom. The lowest BCUT2D eigenvalue weighted by atomic mass is 10.2. The van der Waals surface area contributed by atoms with Crippen molar-refractivity contribution in [1.82, 2.24) is 0 Å². The van der Waals surface area contributed by atoms with Gasteiger partial charge in [-0.3, -0.25) is 4.55 Å². The summed E-state index contributed by atoms with van der Waals surface area (Å²) >= 11 is 0. The maximum atomic E-state index is 11.1. The average Bonchev–Trinajstić information content (AvgIpc) is 2.25. The molecular formula is C13H27NO6S. The number of hydrogen-bond acceptors (Lipinski definition) is 5. The highest BCUT2D eigenvalue weighted by Crippen LogP contribution is 2.05. The molecule has 126 valence electrons. The van der Waals surface area contributed by atoms with Crippen LogP contribution in [0.4, 0.5) is 0 Å². The minimum atomic E-state index is -3.87. The van der Waals surface area contributed by atoms with Gasteiger partial charge in [0.2, 0.25) is 0 Å². The third-order valence-electron chi connectivity index (χ3n) is 2.91. The fourth-order valence-electron chi connectivity index (χ4n) is 1.72. The zero-order chi connectivity index (χ0) is 15.8. The van der Waals surface area contributed by atoms with Crippen LogP contribution >= 0.6 is 0 Å². The number of nitrogens with zero attached hydrogens (tertiary/aromatic N) is 1. The van der Waals surface area contributed by atoms with Crippen LogP contribution in [0.3, 0.4) is 0 Å². The standard InChI is InChI=1S/C13H25NO5S.H2O/c1-12(2)13(15)19-10-6-5-8-14(3,4)9-7-11-20(16,17)18;/h1,5-11H2,2-4H3;1H2. The molecule has 0 atom stereocenters. The summed E-state index contributed by atoms with van der Waals surface area (Å²) in [5.74, 6) is -0.572. The predicted octanol–water partition coefficient (Wildman–Crippen LogP) is 1.06. The van der Waals surface area contributed by atoms with Crippen LogP contribution in [0.5, 0.6) is 0 Å². The monoisotopic (exact) mass is 325 g/mol. The molecule has 0 fully saturated rings. The molecule has 0 aromatic rings. The number of ether oxygens (including phenoxy) is 1. The Morgan fingerprint density at radius 3 is 2.19 bits per heavy atom. The highest BCUT2D eigenvalue weighted by Gasteiger charge is 2.16. The van der Waals surface area contributed by atoms with Crippen LogP contribution in [0, 0.1) is 0 Å². The second-order valence-corrected chi connectivity index (χ2v) is 7.22. The maximum absolute atomic E-state index is 11.1. The lowest BCUT2D eigenvalue weighted by Crippen LogP contribution is -2.41. The van der Waals surface area contributed by atoms with Gasteiger partial charge in [0, 0.05) is 12.0 Å². The van der Waals surface area contributed by atoms with E-state index >= 15 is 0 Å². The summed E-state index contributed by atoms with van der Waals surface area (Å²) < 4.78 is 35.6. The minimum Gasteiger partial charge on any atom is -0.870 e. The van der Waals surface area contributed by atoms with Crippen LogP contribution in [0.2, 0.25) is 0 Å². The van der Waals surface area contributed by atoms with Crippen molar-refractivity contribution < 1.29 is 32.5 Å². The number of unbranched alkanes of at least 4 members (excludes halogenated alkanes) is 1. The van der Waals surface area contributed by atoms with E-state index < -0.39 is 10.1 Å². The second kappa shape index (κ2) is 9.88. The van der Waals surface area contributed by atoms with Crippen molar-refractivity contribution in [1.29, 1.82) is 0 Å². The molecule has 0 unspecified atom stereocenters. The molecule has 2 N–H and O–H groups in total. The number of carbonyl (C=O) groups is 1. The zero-order valence-corrected chi connectivity index (χ0v) is 13.9. The van der Waals surface area contributed by atoms with Crippen molar-refractivity contribution in [2.45, 2.75) is 26.2 Å². The van der Waals surface area contributed by atoms with Gasteiger partial charge in [-0.25, -0.2) is 4.79 Å². The summed E-state index contributed by atoms with van der Waals surface area (Å²) in [7, 11) is 0.139. The SMILES string of the molecule is C=C(C)C(=O)OCCCC[N+](C)(C)CCCS(=O)(=O)O.[OH-]. The molecule has 0 aliphatic heterocycles. The molecule has 0 aliphatic carbocycles. The molecule has 21 heavy (non-hydrogen) atoms. The highest BCUT2D eigenvalue weighted by atomic mass is 32.2. The number of hydrogen-bond donors (Lipinski definition) is 1. The van der Waals surface area contributed by atoms with Gasteiger partial charge in [0.25, 0.3) is 10.1 Å². The molecule has 0 aliphatic rings. The molecule has 0 aromatic heterocycles. The first-order valence-corrected chi connectivity index (χ1v) is 8.24. The van der Waals surface area contributed by atoms with E-state index in [9.17, 15) is 13.2 Å². The Hall–Kier alpha value is -0.960. The van der Waals surface area contributed by atoms with Crippen LogP contribution in [0.25, 0.3) is 0 Å². The lowest BCUT2D eigenvalue weighted by Gasteiger charge is -2.29. The van der Waals surface area contributed by atoms with E-state index in [-0.39, 0.29) is 17.2 Å². The number of quaternary nitrogens is 1. The number of esters is 1. The van der Waals surface area contributed by atoms with Crippen molar-refractivity contribution in [3.8, 4) is 0 Å². The molecule has 0 bridgehead atoms. The summed E-state index contributed by atoms with van der Waals surface area (Å²) in [6.07, 6.45) is 2.07. The quantitative estimate of drug-likeness (QED) is 0.211. The molecule has 0 spiro atoms. The van der Waals surface area contributed by atoms with E-state index in [1.807, 2.05) is 14.1 Å². The Balaban J connectivity index is 0. The normalized spacial score (nSPS) is 11.6. The van der Waals surface area contributed by atoms with Gasteiger partial charge in [0.1, 0.15) is 0 Å². The Kier molecular flexibility index (Phi) is 10.5. The molecule has 0 heterocycles. The lowest BCUT2D eigenvalue weighted by molar-refractivity contribution is -0.890. The van der Waals surface area contributed by atoms with Gasteiger partial charge in [-0.05, 0) is 19.8 Å². The van der Waals surface area contributed by atoms with E-state index in [0.717, 1.165) is 19.4 Å². The van der Waals surface area contributed by atoms with Gasteiger partial charge in [0.15, 0.2) is 0 Å². The molecule has 0 saturated heterocycles. The minimum absolute atomic E-state index is 0. The predicted molar refractivity (Wildman–Crippen MR) is 79.8 cm³/mol. The first kappa shape index (κ1) is 22.3. The van der Waals surface area contributed by atoms with Crippen molar-refractivity contribution in [3.05, 3.63) is 12.2 Å². The largest absolute Gasteiger partial charge is 0.870 e. The number of rotatable bonds is 10. The molecule has 0 saturated carbocycles. The molecule has 0 rings (SSSR count). The summed E-state index contributed by atoms with van der Waals surface area (Å²) in [4.78, 5) is 11.1. The van der Waals surface area contributed by atoms with Crippen LogP contribution in [0.15, 0.2) is 12.2 Å². The summed E-state index contributed by atoms with van der Waals surface area (Å²) in [6.45, 7) is 7.01. The van der Waals surface area contributed by atoms with Gasteiger partial charge >= 0.3 is 5.97 Å². The van der Waals surface area contributed by atoms with E-state index in [1.165, 1.54) is 0 Å². The van der Waals surface area contributed by atoms with E-state index in [2.05, 4.69) is 6.58 Å². The molecule has 0 amide bonds. The second-order valence-electron chi connectivity index (χ2n) is 5.65. The first-order chi connectivity index (χ1) is 9.03. The van der Waals surface area contributed by atoms with Crippen molar-refractivity contribution in [3.63, 3.8) is 0 Å². The Labute approximate surface area is 127 Å². The van der Waals surface area contributed by atoms with E-state index in [4.69, 9.17) is 9.29 Å². The zero-order valence-electron chi connectivity index (χ0n) is 13.0. The summed E-state index contributed by atoms with van der Waals surface area (Å²) in [6, 6.07) is 0. The third kappa shape index (κ3) is 13.8. The van der Waals surface area contributed by atoms with Crippen LogP contribution in [-0.2, 0) is 19.6 Å². The highest BCUT2D eigenvalue weighted by molar-refractivity contribution is 7.85. The third-order valence-corrected chi connectivity index (χ3v) is 3.71. The summed E-state index contributed by atoms with van der Waals surface area (Å²) in [5, 5.41) is 0. The van der Waals surface area contributed by atoms with Crippen molar-refractivity contribution in [2.24, 2.45) is 0 Å². The molecule has 0 aromatic carbocycles. The average molecular weight is 325 g/mol. The van der Waals surface area contributed by atoms with Crippen LogP contribution in [0.1, 0.15) is 26.2 Å². The smallest absolute Gasteiger partial charge is 0.333 e. The van der Waals surface area contributed by atoms with Gasteiger partial charge in [-0.15, -0.1) is 0 Å².